The Bertz CT molecular complexity index is 206. The lowest BCUT2D eigenvalue weighted by Gasteiger charge is -2.48. The van der Waals surface area contributed by atoms with Gasteiger partial charge >= 0.3 is 0 Å². The van der Waals surface area contributed by atoms with Gasteiger partial charge in [-0.3, -0.25) is 0 Å². The third-order valence-corrected chi connectivity index (χ3v) is 3.25. The van der Waals surface area contributed by atoms with Crippen LogP contribution in [0.3, 0.4) is 0 Å². The molecule has 0 aliphatic heterocycles. The third-order valence-electron chi connectivity index (χ3n) is 3.25. The summed E-state index contributed by atoms with van der Waals surface area (Å²) in [6, 6.07) is 0. The molecule has 0 radical (unpaired) electrons. The van der Waals surface area contributed by atoms with Gasteiger partial charge in [0.1, 0.15) is 5.60 Å². The second kappa shape index (κ2) is 5.48. The van der Waals surface area contributed by atoms with Crippen molar-refractivity contribution in [2.75, 3.05) is 20.3 Å². The lowest BCUT2D eigenvalue weighted by molar-refractivity contribution is -0.226. The number of rotatable bonds is 6. The fraction of sp³-hybridized carbons (Fsp3) is 1.00. The molecule has 0 aliphatic carbocycles. The summed E-state index contributed by atoms with van der Waals surface area (Å²) in [5.41, 5.74) is -1.08. The highest BCUT2D eigenvalue weighted by molar-refractivity contribution is 4.96. The van der Waals surface area contributed by atoms with Crippen molar-refractivity contribution in [2.45, 2.75) is 59.2 Å². The molecule has 3 heteroatoms. The van der Waals surface area contributed by atoms with E-state index in [0.29, 0.717) is 6.61 Å². The van der Waals surface area contributed by atoms with Gasteiger partial charge in [0.25, 0.3) is 0 Å². The van der Waals surface area contributed by atoms with Gasteiger partial charge in [0.15, 0.2) is 0 Å². The van der Waals surface area contributed by atoms with Crippen molar-refractivity contribution in [1.29, 1.82) is 0 Å². The number of hydrogen-bond donors (Lipinski definition) is 1. The average molecular weight is 232 g/mol. The summed E-state index contributed by atoms with van der Waals surface area (Å²) in [6.07, 6.45) is 0.924. The summed E-state index contributed by atoms with van der Waals surface area (Å²) in [6.45, 7) is 12.7. The van der Waals surface area contributed by atoms with Crippen molar-refractivity contribution in [3.05, 3.63) is 0 Å². The minimum Gasteiger partial charge on any atom is -0.393 e. The maximum Gasteiger partial charge on any atom is 0.120 e. The molecule has 0 fully saturated rings. The molecule has 1 N–H and O–H groups in total. The van der Waals surface area contributed by atoms with E-state index in [1.54, 1.807) is 7.11 Å². The molecule has 0 saturated carbocycles. The molecular weight excluding hydrogens is 204 g/mol. The van der Waals surface area contributed by atoms with E-state index in [0.717, 1.165) is 6.42 Å². The molecule has 0 aromatic heterocycles. The highest BCUT2D eigenvalue weighted by Crippen LogP contribution is 2.40. The van der Waals surface area contributed by atoms with Crippen LogP contribution in [0.2, 0.25) is 0 Å². The molecule has 98 valence electrons. The molecule has 1 atom stereocenters. The molecule has 0 aromatic rings. The molecule has 3 nitrogen and oxygen atoms in total. The first-order chi connectivity index (χ1) is 7.14. The van der Waals surface area contributed by atoms with Crippen LogP contribution in [0.5, 0.6) is 0 Å². The van der Waals surface area contributed by atoms with Gasteiger partial charge in [0.05, 0.1) is 18.8 Å². The summed E-state index contributed by atoms with van der Waals surface area (Å²) in [5.74, 6) is 0. The van der Waals surface area contributed by atoms with E-state index >= 15 is 0 Å². The van der Waals surface area contributed by atoms with Crippen LogP contribution in [0.1, 0.15) is 48.0 Å². The van der Waals surface area contributed by atoms with Gasteiger partial charge in [-0.25, -0.2) is 0 Å². The fourth-order valence-electron chi connectivity index (χ4n) is 1.80. The van der Waals surface area contributed by atoms with Crippen LogP contribution in [0.25, 0.3) is 0 Å². The van der Waals surface area contributed by atoms with E-state index in [1.807, 2.05) is 20.8 Å². The van der Waals surface area contributed by atoms with Gasteiger partial charge < -0.3 is 14.6 Å². The average Bonchev–Trinajstić information content (AvgIpc) is 2.14. The smallest absolute Gasteiger partial charge is 0.120 e. The van der Waals surface area contributed by atoms with Crippen LogP contribution < -0.4 is 0 Å². The quantitative estimate of drug-likeness (QED) is 0.765. The first-order valence-corrected chi connectivity index (χ1v) is 5.94. The summed E-state index contributed by atoms with van der Waals surface area (Å²) < 4.78 is 11.3. The van der Waals surface area contributed by atoms with Crippen molar-refractivity contribution < 1.29 is 14.6 Å². The van der Waals surface area contributed by atoms with E-state index in [9.17, 15) is 5.11 Å². The van der Waals surface area contributed by atoms with E-state index in [1.165, 1.54) is 0 Å². The van der Waals surface area contributed by atoms with Gasteiger partial charge in [-0.05, 0) is 32.6 Å². The fourth-order valence-corrected chi connectivity index (χ4v) is 1.80. The SMILES string of the molecule is CCC(C)(C)C(CO)(COC)OC(C)(C)C. The van der Waals surface area contributed by atoms with Crippen molar-refractivity contribution in [3.8, 4) is 0 Å². The Hall–Kier alpha value is -0.120. The van der Waals surface area contributed by atoms with Crippen LogP contribution in [-0.2, 0) is 9.47 Å². The van der Waals surface area contributed by atoms with E-state index < -0.39 is 5.60 Å². The minimum absolute atomic E-state index is 0.0288. The number of aliphatic hydroxyl groups excluding tert-OH is 1. The molecule has 0 amide bonds. The summed E-state index contributed by atoms with van der Waals surface area (Å²) in [5, 5.41) is 9.73. The zero-order chi connectivity index (χ0) is 13.0. The molecule has 16 heavy (non-hydrogen) atoms. The van der Waals surface area contributed by atoms with Gasteiger partial charge in [-0.1, -0.05) is 20.8 Å². The Morgan fingerprint density at radius 2 is 1.56 bits per heavy atom. The zero-order valence-corrected chi connectivity index (χ0v) is 11.9. The van der Waals surface area contributed by atoms with E-state index in [4.69, 9.17) is 9.47 Å². The van der Waals surface area contributed by atoms with Crippen LogP contribution in [0, 0.1) is 5.41 Å². The Labute approximate surface area is 100 Å². The van der Waals surface area contributed by atoms with Crippen LogP contribution in [0.4, 0.5) is 0 Å². The van der Waals surface area contributed by atoms with Crippen molar-refractivity contribution in [1.82, 2.24) is 0 Å². The number of ether oxygens (including phenoxy) is 2. The van der Waals surface area contributed by atoms with Gasteiger partial charge in [0, 0.05) is 7.11 Å². The zero-order valence-electron chi connectivity index (χ0n) is 11.9. The first kappa shape index (κ1) is 15.9. The second-order valence-electron chi connectivity index (χ2n) is 6.04. The van der Waals surface area contributed by atoms with E-state index in [2.05, 4.69) is 20.8 Å². The normalized spacial score (nSPS) is 17.2. The summed E-state index contributed by atoms with van der Waals surface area (Å²) in [7, 11) is 1.64. The largest absolute Gasteiger partial charge is 0.393 e. The molecule has 0 aliphatic rings. The maximum atomic E-state index is 9.73. The van der Waals surface area contributed by atoms with Crippen molar-refractivity contribution >= 4 is 0 Å². The summed E-state index contributed by atoms with van der Waals surface area (Å²) in [4.78, 5) is 0. The summed E-state index contributed by atoms with van der Waals surface area (Å²) >= 11 is 0. The Balaban J connectivity index is 5.15. The molecule has 0 rings (SSSR count). The number of methoxy groups -OCH3 is 1. The third kappa shape index (κ3) is 3.72. The van der Waals surface area contributed by atoms with Crippen LogP contribution in [0.15, 0.2) is 0 Å². The minimum atomic E-state index is -0.644. The molecular formula is C13H28O3. The Kier molecular flexibility index (Phi) is 5.44. The Morgan fingerprint density at radius 3 is 1.81 bits per heavy atom. The molecule has 0 saturated heterocycles. The predicted molar refractivity (Wildman–Crippen MR) is 66.6 cm³/mol. The van der Waals surface area contributed by atoms with Crippen LogP contribution in [-0.4, -0.2) is 36.6 Å². The number of aliphatic hydroxyl groups is 1. The van der Waals surface area contributed by atoms with Gasteiger partial charge in [-0.15, -0.1) is 0 Å². The van der Waals surface area contributed by atoms with Crippen molar-refractivity contribution in [3.63, 3.8) is 0 Å². The highest BCUT2D eigenvalue weighted by Gasteiger charge is 2.47. The Morgan fingerprint density at radius 1 is 1.06 bits per heavy atom. The predicted octanol–water partition coefficient (Wildman–Crippen LogP) is 2.62. The van der Waals surface area contributed by atoms with Crippen LogP contribution >= 0.6 is 0 Å². The molecule has 0 spiro atoms. The standard InChI is InChI=1S/C13H28O3/c1-8-12(5,6)13(9-14,10-15-7)16-11(2,3)4/h14H,8-10H2,1-7H3. The monoisotopic (exact) mass is 232 g/mol. The lowest BCUT2D eigenvalue weighted by Crippen LogP contribution is -2.56. The molecule has 0 bridgehead atoms. The number of hydrogen-bond acceptors (Lipinski definition) is 3. The van der Waals surface area contributed by atoms with Gasteiger partial charge in [0.2, 0.25) is 0 Å². The first-order valence-electron chi connectivity index (χ1n) is 5.94. The highest BCUT2D eigenvalue weighted by atomic mass is 16.6. The lowest BCUT2D eigenvalue weighted by atomic mass is 9.73. The molecule has 1 unspecified atom stereocenters. The molecule has 0 heterocycles. The topological polar surface area (TPSA) is 38.7 Å². The van der Waals surface area contributed by atoms with E-state index in [-0.39, 0.29) is 17.6 Å². The van der Waals surface area contributed by atoms with Gasteiger partial charge in [-0.2, -0.15) is 0 Å². The van der Waals surface area contributed by atoms with Crippen molar-refractivity contribution in [2.24, 2.45) is 5.41 Å². The second-order valence-corrected chi connectivity index (χ2v) is 6.04. The maximum absolute atomic E-state index is 9.73. The molecule has 0 aromatic carbocycles.